The summed E-state index contributed by atoms with van der Waals surface area (Å²) < 4.78 is 0. The van der Waals surface area contributed by atoms with E-state index in [1.165, 1.54) is 0 Å². The van der Waals surface area contributed by atoms with Gasteiger partial charge in [-0.05, 0) is 30.7 Å². The van der Waals surface area contributed by atoms with E-state index in [2.05, 4.69) is 24.4 Å². The van der Waals surface area contributed by atoms with Crippen LogP contribution in [0.3, 0.4) is 0 Å². The van der Waals surface area contributed by atoms with Gasteiger partial charge in [-0.1, -0.05) is 42.5 Å². The van der Waals surface area contributed by atoms with Crippen molar-refractivity contribution in [2.75, 3.05) is 5.32 Å². The molecule has 2 aromatic rings. The van der Waals surface area contributed by atoms with Gasteiger partial charge in [0.15, 0.2) is 11.4 Å². The number of anilines is 1. The summed E-state index contributed by atoms with van der Waals surface area (Å²) in [6.45, 7) is 2.05. The molecule has 102 valence electrons. The van der Waals surface area contributed by atoms with E-state index in [9.17, 15) is 4.79 Å². The lowest BCUT2D eigenvalue weighted by Gasteiger charge is -2.35. The maximum atomic E-state index is 12.0. The Morgan fingerprint density at radius 2 is 1.81 bits per heavy atom. The van der Waals surface area contributed by atoms with E-state index in [-0.39, 0.29) is 5.78 Å². The van der Waals surface area contributed by atoms with Gasteiger partial charge in [0.25, 0.3) is 0 Å². The standard InChI is InChI=1S/C18H14N2O/c1-18(12-6-3-2-4-7-12)19-14-9-5-8-13-16(21)11-10-15(20-18)17(13)14/h2-11,19H,1H3. The molecule has 2 aliphatic rings. The van der Waals surface area contributed by atoms with E-state index in [1.807, 2.05) is 42.5 Å². The van der Waals surface area contributed by atoms with Crippen LogP contribution >= 0.6 is 0 Å². The van der Waals surface area contributed by atoms with E-state index >= 15 is 0 Å². The van der Waals surface area contributed by atoms with Crippen LogP contribution in [0.2, 0.25) is 0 Å². The van der Waals surface area contributed by atoms with Crippen molar-refractivity contribution in [1.82, 2.24) is 0 Å². The SMILES string of the molecule is CC1(c2ccccc2)N=C2C=CC(=O)c3cccc(c32)N1. The molecule has 0 amide bonds. The number of aliphatic imine (C=N–C) groups is 1. The van der Waals surface area contributed by atoms with Gasteiger partial charge in [0.2, 0.25) is 0 Å². The average Bonchev–Trinajstić information content (AvgIpc) is 2.51. The summed E-state index contributed by atoms with van der Waals surface area (Å²) in [6.07, 6.45) is 3.41. The molecule has 2 aromatic carbocycles. The number of rotatable bonds is 1. The number of ketones is 1. The Balaban J connectivity index is 1.94. The molecular formula is C18H14N2O. The molecule has 0 spiro atoms. The van der Waals surface area contributed by atoms with E-state index in [4.69, 9.17) is 4.99 Å². The molecule has 21 heavy (non-hydrogen) atoms. The summed E-state index contributed by atoms with van der Waals surface area (Å²) in [4.78, 5) is 16.8. The summed E-state index contributed by atoms with van der Waals surface area (Å²) in [6, 6.07) is 15.9. The highest BCUT2D eigenvalue weighted by Crippen LogP contribution is 2.37. The zero-order valence-electron chi connectivity index (χ0n) is 11.6. The number of carbonyl (C=O) groups is 1. The molecule has 3 nitrogen and oxygen atoms in total. The molecular weight excluding hydrogens is 260 g/mol. The zero-order chi connectivity index (χ0) is 14.4. The number of hydrogen-bond donors (Lipinski definition) is 1. The topological polar surface area (TPSA) is 41.5 Å². The first kappa shape index (κ1) is 12.1. The molecule has 1 heterocycles. The second kappa shape index (κ2) is 4.16. The van der Waals surface area contributed by atoms with Crippen molar-refractivity contribution in [3.8, 4) is 0 Å². The summed E-state index contributed by atoms with van der Waals surface area (Å²) >= 11 is 0. The monoisotopic (exact) mass is 274 g/mol. The molecule has 1 aliphatic carbocycles. The second-order valence-corrected chi connectivity index (χ2v) is 5.49. The van der Waals surface area contributed by atoms with E-state index < -0.39 is 5.66 Å². The number of allylic oxidation sites excluding steroid dienone is 2. The molecule has 0 saturated carbocycles. The highest BCUT2D eigenvalue weighted by atomic mass is 16.1. The average molecular weight is 274 g/mol. The Kier molecular flexibility index (Phi) is 2.39. The molecule has 1 aliphatic heterocycles. The van der Waals surface area contributed by atoms with Gasteiger partial charge >= 0.3 is 0 Å². The van der Waals surface area contributed by atoms with Crippen LogP contribution < -0.4 is 5.32 Å². The van der Waals surface area contributed by atoms with Crippen molar-refractivity contribution in [1.29, 1.82) is 0 Å². The minimum Gasteiger partial charge on any atom is -0.357 e. The summed E-state index contributed by atoms with van der Waals surface area (Å²) in [5.41, 5.74) is 4.04. The van der Waals surface area contributed by atoms with E-state index in [0.717, 1.165) is 28.1 Å². The number of carbonyl (C=O) groups excluding carboxylic acids is 1. The Morgan fingerprint density at radius 3 is 2.62 bits per heavy atom. The smallest absolute Gasteiger partial charge is 0.186 e. The van der Waals surface area contributed by atoms with Crippen molar-refractivity contribution in [2.24, 2.45) is 4.99 Å². The van der Waals surface area contributed by atoms with Crippen LogP contribution in [0, 0.1) is 0 Å². The minimum atomic E-state index is -0.521. The van der Waals surface area contributed by atoms with Gasteiger partial charge in [0.1, 0.15) is 0 Å². The highest BCUT2D eigenvalue weighted by Gasteiger charge is 2.34. The first-order valence-corrected chi connectivity index (χ1v) is 6.97. The van der Waals surface area contributed by atoms with Crippen molar-refractivity contribution < 1.29 is 4.79 Å². The lowest BCUT2D eigenvalue weighted by molar-refractivity contribution is 0.104. The van der Waals surface area contributed by atoms with Crippen molar-refractivity contribution >= 4 is 17.2 Å². The third-order valence-electron chi connectivity index (χ3n) is 4.04. The summed E-state index contributed by atoms with van der Waals surface area (Å²) in [7, 11) is 0. The lowest BCUT2D eigenvalue weighted by Crippen LogP contribution is -2.36. The molecule has 1 N–H and O–H groups in total. The van der Waals surface area contributed by atoms with Crippen molar-refractivity contribution in [2.45, 2.75) is 12.6 Å². The summed E-state index contributed by atoms with van der Waals surface area (Å²) in [5, 5.41) is 3.48. The van der Waals surface area contributed by atoms with Gasteiger partial charge in [0, 0.05) is 16.8 Å². The predicted octanol–water partition coefficient (Wildman–Crippen LogP) is 3.53. The summed E-state index contributed by atoms with van der Waals surface area (Å²) in [5.74, 6) is 0.0379. The fourth-order valence-corrected chi connectivity index (χ4v) is 2.99. The van der Waals surface area contributed by atoms with E-state index in [1.54, 1.807) is 6.08 Å². The Bertz CT molecular complexity index is 805. The number of hydrogen-bond acceptors (Lipinski definition) is 3. The van der Waals surface area contributed by atoms with Gasteiger partial charge in [-0.2, -0.15) is 0 Å². The maximum Gasteiger partial charge on any atom is 0.186 e. The molecule has 0 radical (unpaired) electrons. The molecule has 0 bridgehead atoms. The third kappa shape index (κ3) is 1.74. The normalized spacial score (nSPS) is 22.3. The Morgan fingerprint density at radius 1 is 1.00 bits per heavy atom. The zero-order valence-corrected chi connectivity index (χ0v) is 11.6. The van der Waals surface area contributed by atoms with Crippen LogP contribution in [0.4, 0.5) is 5.69 Å². The maximum absolute atomic E-state index is 12.0. The van der Waals surface area contributed by atoms with Crippen LogP contribution in [0.15, 0.2) is 65.7 Å². The second-order valence-electron chi connectivity index (χ2n) is 5.49. The first-order chi connectivity index (χ1) is 10.2. The minimum absolute atomic E-state index is 0.0379. The van der Waals surface area contributed by atoms with Crippen LogP contribution in [-0.4, -0.2) is 11.5 Å². The fourth-order valence-electron chi connectivity index (χ4n) is 2.99. The lowest BCUT2D eigenvalue weighted by atomic mass is 9.88. The highest BCUT2D eigenvalue weighted by molar-refractivity contribution is 6.26. The number of benzene rings is 2. The van der Waals surface area contributed by atoms with Gasteiger partial charge in [0.05, 0.1) is 5.71 Å². The Hall–Kier alpha value is -2.68. The van der Waals surface area contributed by atoms with Crippen LogP contribution in [0.1, 0.15) is 28.4 Å². The number of nitrogens with one attached hydrogen (secondary N) is 1. The molecule has 0 aromatic heterocycles. The molecule has 3 heteroatoms. The fraction of sp³-hybridized carbons (Fsp3) is 0.111. The predicted molar refractivity (Wildman–Crippen MR) is 83.9 cm³/mol. The largest absolute Gasteiger partial charge is 0.357 e. The van der Waals surface area contributed by atoms with Crippen LogP contribution in [0.5, 0.6) is 0 Å². The third-order valence-corrected chi connectivity index (χ3v) is 4.04. The molecule has 0 saturated heterocycles. The van der Waals surface area contributed by atoms with Crippen molar-refractivity contribution in [3.05, 3.63) is 77.4 Å². The first-order valence-electron chi connectivity index (χ1n) is 6.97. The van der Waals surface area contributed by atoms with Gasteiger partial charge in [-0.25, -0.2) is 0 Å². The quantitative estimate of drug-likeness (QED) is 0.864. The number of nitrogens with zero attached hydrogens (tertiary/aromatic N) is 1. The van der Waals surface area contributed by atoms with E-state index in [0.29, 0.717) is 0 Å². The molecule has 1 atom stereocenters. The van der Waals surface area contributed by atoms with Crippen LogP contribution in [-0.2, 0) is 5.66 Å². The van der Waals surface area contributed by atoms with Gasteiger partial charge in [-0.15, -0.1) is 0 Å². The Labute approximate surface area is 123 Å². The molecule has 1 unspecified atom stereocenters. The molecule has 0 fully saturated rings. The van der Waals surface area contributed by atoms with Crippen LogP contribution in [0.25, 0.3) is 0 Å². The van der Waals surface area contributed by atoms with Gasteiger partial charge in [-0.3, -0.25) is 9.79 Å². The molecule has 4 rings (SSSR count). The van der Waals surface area contributed by atoms with Gasteiger partial charge < -0.3 is 5.32 Å². The van der Waals surface area contributed by atoms with Crippen molar-refractivity contribution in [3.63, 3.8) is 0 Å².